The van der Waals surface area contributed by atoms with Crippen LogP contribution in [0.3, 0.4) is 0 Å². The quantitative estimate of drug-likeness (QED) is 0.642. The highest BCUT2D eigenvalue weighted by Gasteiger charge is 2.23. The van der Waals surface area contributed by atoms with E-state index in [4.69, 9.17) is 0 Å². The van der Waals surface area contributed by atoms with Gasteiger partial charge in [0, 0.05) is 0 Å². The number of aryl methyl sites for hydroxylation is 1. The largest absolute Gasteiger partial charge is 0.0909 e. The van der Waals surface area contributed by atoms with Crippen LogP contribution >= 0.6 is 0 Å². The summed E-state index contributed by atoms with van der Waals surface area (Å²) in [7, 11) is 0. The van der Waals surface area contributed by atoms with Gasteiger partial charge in [0.2, 0.25) is 0 Å². The Bertz CT molecular complexity index is 594. The fraction of sp³-hybridized carbons (Fsp3) is 0.222. The molecule has 18 heavy (non-hydrogen) atoms. The Kier molecular flexibility index (Phi) is 2.79. The van der Waals surface area contributed by atoms with E-state index in [2.05, 4.69) is 56.0 Å². The summed E-state index contributed by atoms with van der Waals surface area (Å²) in [5.74, 6) is 0. The molecule has 1 saturated carbocycles. The van der Waals surface area contributed by atoms with Gasteiger partial charge in [-0.15, -0.1) is 0 Å². The van der Waals surface area contributed by atoms with Gasteiger partial charge in [0.1, 0.15) is 0 Å². The molecule has 0 spiro atoms. The minimum atomic E-state index is 1.05. The molecule has 0 nitrogen and oxygen atoms in total. The third kappa shape index (κ3) is 1.99. The summed E-state index contributed by atoms with van der Waals surface area (Å²) in [5.41, 5.74) is 8.06. The first-order valence-corrected chi connectivity index (χ1v) is 6.60. The van der Waals surface area contributed by atoms with Crippen LogP contribution < -0.4 is 0 Å². The maximum atomic E-state index is 4.26. The minimum Gasteiger partial charge on any atom is -0.0909 e. The van der Waals surface area contributed by atoms with E-state index in [1.54, 1.807) is 0 Å². The molecule has 1 fully saturated rings. The van der Waals surface area contributed by atoms with Crippen LogP contribution in [-0.2, 0) is 0 Å². The molecule has 90 valence electrons. The second-order valence-corrected chi connectivity index (χ2v) is 5.16. The van der Waals surface area contributed by atoms with E-state index in [0.29, 0.717) is 0 Å². The lowest BCUT2D eigenvalue weighted by molar-refractivity contribution is 0.998. The van der Waals surface area contributed by atoms with Gasteiger partial charge in [0.15, 0.2) is 0 Å². The summed E-state index contributed by atoms with van der Waals surface area (Å²) < 4.78 is 0. The van der Waals surface area contributed by atoms with Gasteiger partial charge in [-0.25, -0.2) is 0 Å². The molecule has 0 heterocycles. The third-order valence-corrected chi connectivity index (χ3v) is 3.73. The number of benzene rings is 1. The fourth-order valence-corrected chi connectivity index (χ4v) is 2.79. The number of hydrogen-bond donors (Lipinski definition) is 0. The normalized spacial score (nSPS) is 20.7. The molecule has 0 saturated heterocycles. The lowest BCUT2D eigenvalue weighted by Crippen LogP contribution is -1.87. The van der Waals surface area contributed by atoms with Crippen molar-refractivity contribution in [2.75, 3.05) is 0 Å². The van der Waals surface area contributed by atoms with Crippen molar-refractivity contribution < 1.29 is 0 Å². The second-order valence-electron chi connectivity index (χ2n) is 5.16. The molecule has 0 heteroatoms. The van der Waals surface area contributed by atoms with Gasteiger partial charge in [0.05, 0.1) is 0 Å². The molecule has 1 aromatic rings. The Balaban J connectivity index is 1.97. The predicted molar refractivity (Wildman–Crippen MR) is 78.3 cm³/mol. The Morgan fingerprint density at radius 1 is 1.17 bits per heavy atom. The average molecular weight is 234 g/mol. The summed E-state index contributed by atoms with van der Waals surface area (Å²) in [6.07, 6.45) is 10.4. The van der Waals surface area contributed by atoms with Crippen molar-refractivity contribution in [3.8, 4) is 0 Å². The van der Waals surface area contributed by atoms with Crippen LogP contribution in [0.5, 0.6) is 0 Å². The highest BCUT2D eigenvalue weighted by molar-refractivity contribution is 5.72. The molecule has 0 amide bonds. The minimum absolute atomic E-state index is 1.05. The fourth-order valence-electron chi connectivity index (χ4n) is 2.79. The van der Waals surface area contributed by atoms with Crippen molar-refractivity contribution >= 4 is 6.08 Å². The van der Waals surface area contributed by atoms with Gasteiger partial charge in [0.25, 0.3) is 0 Å². The molecule has 0 aliphatic heterocycles. The number of rotatable bonds is 1. The SMILES string of the molecule is C=C1C2=CCCC=C2C/C1=C\c1cccc(C)c1. The maximum absolute atomic E-state index is 4.26. The Morgan fingerprint density at radius 3 is 2.78 bits per heavy atom. The zero-order valence-electron chi connectivity index (χ0n) is 10.9. The predicted octanol–water partition coefficient (Wildman–Crippen LogP) is 4.98. The molecule has 2 aliphatic carbocycles. The molecule has 0 bridgehead atoms. The summed E-state index contributed by atoms with van der Waals surface area (Å²) in [6.45, 7) is 6.40. The van der Waals surface area contributed by atoms with Crippen LogP contribution in [-0.4, -0.2) is 0 Å². The lowest BCUT2D eigenvalue weighted by atomic mass is 9.99. The molecule has 0 atom stereocenters. The van der Waals surface area contributed by atoms with E-state index in [1.165, 1.54) is 39.8 Å². The summed E-state index contributed by atoms with van der Waals surface area (Å²) in [4.78, 5) is 0. The van der Waals surface area contributed by atoms with Crippen molar-refractivity contribution in [2.24, 2.45) is 0 Å². The van der Waals surface area contributed by atoms with Crippen molar-refractivity contribution in [2.45, 2.75) is 26.2 Å². The van der Waals surface area contributed by atoms with Crippen LogP contribution in [0.1, 0.15) is 30.4 Å². The Labute approximate surface area is 109 Å². The van der Waals surface area contributed by atoms with Crippen LogP contribution in [0.25, 0.3) is 6.08 Å². The summed E-state index contributed by atoms with van der Waals surface area (Å²) in [6, 6.07) is 8.64. The zero-order valence-corrected chi connectivity index (χ0v) is 10.9. The van der Waals surface area contributed by atoms with E-state index in [0.717, 1.165) is 12.8 Å². The Morgan fingerprint density at radius 2 is 2.00 bits per heavy atom. The molecule has 1 aromatic carbocycles. The molecule has 0 aromatic heterocycles. The maximum Gasteiger partial charge on any atom is -0.00167 e. The number of fused-ring (bicyclic) bond motifs is 1. The van der Waals surface area contributed by atoms with Crippen LogP contribution in [0.15, 0.2) is 65.3 Å². The molecule has 0 radical (unpaired) electrons. The standard InChI is InChI=1S/C18H18/c1-13-6-5-7-15(10-13)11-17-12-16-8-3-4-9-18(16)14(17)2/h5-11H,2-4,12H2,1H3/b17-11+. The van der Waals surface area contributed by atoms with E-state index in [-0.39, 0.29) is 0 Å². The first-order valence-electron chi connectivity index (χ1n) is 6.60. The molecule has 2 aliphatic rings. The Hall–Kier alpha value is -1.82. The van der Waals surface area contributed by atoms with E-state index in [1.807, 2.05) is 0 Å². The second kappa shape index (κ2) is 4.45. The summed E-state index contributed by atoms with van der Waals surface area (Å²) in [5, 5.41) is 0. The molecular formula is C18H18. The zero-order chi connectivity index (χ0) is 12.5. The van der Waals surface area contributed by atoms with Crippen LogP contribution in [0.4, 0.5) is 0 Å². The number of hydrogen-bond acceptors (Lipinski definition) is 0. The third-order valence-electron chi connectivity index (χ3n) is 3.73. The van der Waals surface area contributed by atoms with Crippen molar-refractivity contribution in [3.05, 3.63) is 76.4 Å². The van der Waals surface area contributed by atoms with E-state index >= 15 is 0 Å². The van der Waals surface area contributed by atoms with Crippen molar-refractivity contribution in [3.63, 3.8) is 0 Å². The topological polar surface area (TPSA) is 0 Å². The van der Waals surface area contributed by atoms with Crippen molar-refractivity contribution in [1.29, 1.82) is 0 Å². The van der Waals surface area contributed by atoms with E-state index in [9.17, 15) is 0 Å². The molecular weight excluding hydrogens is 216 g/mol. The lowest BCUT2D eigenvalue weighted by Gasteiger charge is -2.06. The first-order chi connectivity index (χ1) is 8.74. The smallest absolute Gasteiger partial charge is 0.00167 e. The molecule has 0 N–H and O–H groups in total. The van der Waals surface area contributed by atoms with E-state index < -0.39 is 0 Å². The van der Waals surface area contributed by atoms with Gasteiger partial charge >= 0.3 is 0 Å². The monoisotopic (exact) mass is 234 g/mol. The van der Waals surface area contributed by atoms with Gasteiger partial charge in [-0.05, 0) is 54.0 Å². The summed E-state index contributed by atoms with van der Waals surface area (Å²) >= 11 is 0. The number of allylic oxidation sites excluding steroid dienone is 6. The highest BCUT2D eigenvalue weighted by Crippen LogP contribution is 2.42. The molecule has 0 unspecified atom stereocenters. The van der Waals surface area contributed by atoms with Gasteiger partial charge in [-0.1, -0.05) is 54.6 Å². The van der Waals surface area contributed by atoms with Gasteiger partial charge in [-0.3, -0.25) is 0 Å². The van der Waals surface area contributed by atoms with Gasteiger partial charge < -0.3 is 0 Å². The first kappa shape index (κ1) is 11.3. The van der Waals surface area contributed by atoms with Crippen LogP contribution in [0, 0.1) is 6.92 Å². The van der Waals surface area contributed by atoms with Gasteiger partial charge in [-0.2, -0.15) is 0 Å². The average Bonchev–Trinajstić information content (AvgIpc) is 2.67. The highest BCUT2D eigenvalue weighted by atomic mass is 14.3. The van der Waals surface area contributed by atoms with Crippen LogP contribution in [0.2, 0.25) is 0 Å². The molecule has 3 rings (SSSR count). The van der Waals surface area contributed by atoms with Crippen molar-refractivity contribution in [1.82, 2.24) is 0 Å².